The first-order chi connectivity index (χ1) is 14.0. The molecule has 3 N–H and O–H groups in total. The lowest BCUT2D eigenvalue weighted by Gasteiger charge is -2.29. The zero-order chi connectivity index (χ0) is 20.8. The summed E-state index contributed by atoms with van der Waals surface area (Å²) in [5.41, 5.74) is 6.59. The van der Waals surface area contributed by atoms with Crippen LogP contribution in [0.15, 0.2) is 42.5 Å². The van der Waals surface area contributed by atoms with Gasteiger partial charge in [0, 0.05) is 31.7 Å². The average molecular weight is 419 g/mol. The largest absolute Gasteiger partial charge is 0.486 e. The van der Waals surface area contributed by atoms with E-state index >= 15 is 0 Å². The smallest absolute Gasteiger partial charge is 0.250 e. The first-order valence-corrected chi connectivity index (χ1v) is 9.39. The molecule has 0 saturated carbocycles. The molecule has 29 heavy (non-hydrogen) atoms. The predicted molar refractivity (Wildman–Crippen MR) is 109 cm³/mol. The number of allylic oxidation sites excluding steroid dienone is 1. The Kier molecular flexibility index (Phi) is 6.79. The number of primary amides is 1. The molecule has 1 saturated heterocycles. The van der Waals surface area contributed by atoms with Gasteiger partial charge in [0.05, 0.1) is 11.3 Å². The van der Waals surface area contributed by atoms with Crippen LogP contribution in [-0.2, 0) is 4.79 Å². The Morgan fingerprint density at radius 1 is 1.28 bits per heavy atom. The Labute approximate surface area is 172 Å². The maximum Gasteiger partial charge on any atom is 0.250 e. The molecule has 0 aliphatic carbocycles. The Morgan fingerprint density at radius 3 is 2.72 bits per heavy atom. The molecule has 1 aromatic heterocycles. The number of nitrogens with zero attached hydrogens (tertiary/aromatic N) is 2. The number of benzene rings is 1. The van der Waals surface area contributed by atoms with Crippen LogP contribution < -0.4 is 20.7 Å². The van der Waals surface area contributed by atoms with Crippen molar-refractivity contribution in [3.8, 4) is 17.0 Å². The number of hydrogen-bond acceptors (Lipinski definition) is 6. The van der Waals surface area contributed by atoms with Crippen LogP contribution in [0.2, 0.25) is 0 Å². The number of hydrogen-bond donors (Lipinski definition) is 2. The number of pyridine rings is 1. The van der Waals surface area contributed by atoms with E-state index in [-0.39, 0.29) is 17.9 Å². The van der Waals surface area contributed by atoms with Crippen molar-refractivity contribution < 1.29 is 18.7 Å². The van der Waals surface area contributed by atoms with E-state index in [0.717, 1.165) is 32.3 Å². The minimum atomic E-state index is -0.650. The Balaban J connectivity index is 1.94. The zero-order valence-corrected chi connectivity index (χ0v) is 16.3. The van der Waals surface area contributed by atoms with E-state index in [2.05, 4.69) is 15.2 Å². The summed E-state index contributed by atoms with van der Waals surface area (Å²) in [5, 5.41) is 2.62. The highest BCUT2D eigenvalue weighted by Crippen LogP contribution is 2.29. The highest BCUT2D eigenvalue weighted by Gasteiger charge is 2.18. The summed E-state index contributed by atoms with van der Waals surface area (Å²) >= 11 is 5.21. The molecule has 0 atom stereocenters. The van der Waals surface area contributed by atoms with Gasteiger partial charge in [0.15, 0.2) is 11.6 Å². The summed E-state index contributed by atoms with van der Waals surface area (Å²) in [4.78, 5) is 29.3. The second-order valence-corrected chi connectivity index (χ2v) is 6.70. The van der Waals surface area contributed by atoms with Gasteiger partial charge in [-0.2, -0.15) is 0 Å². The minimum absolute atomic E-state index is 0.0426. The van der Waals surface area contributed by atoms with Gasteiger partial charge in [-0.25, -0.2) is 9.37 Å². The van der Waals surface area contributed by atoms with E-state index in [0.29, 0.717) is 17.1 Å². The van der Waals surface area contributed by atoms with Gasteiger partial charge in [0.25, 0.3) is 5.91 Å². The van der Waals surface area contributed by atoms with Crippen molar-refractivity contribution in [3.05, 3.63) is 53.9 Å². The van der Waals surface area contributed by atoms with Crippen molar-refractivity contribution in [2.75, 3.05) is 37.7 Å². The van der Waals surface area contributed by atoms with Crippen LogP contribution in [0.3, 0.4) is 0 Å². The highest BCUT2D eigenvalue weighted by atomic mass is 35.5. The van der Waals surface area contributed by atoms with E-state index in [4.69, 9.17) is 22.1 Å². The number of amides is 1. The third-order valence-electron chi connectivity index (χ3n) is 4.38. The number of rotatable bonds is 7. The van der Waals surface area contributed by atoms with Crippen molar-refractivity contribution in [2.45, 2.75) is 0 Å². The van der Waals surface area contributed by atoms with Crippen LogP contribution in [0, 0.1) is 5.82 Å². The topological polar surface area (TPSA) is 97.6 Å². The van der Waals surface area contributed by atoms with Gasteiger partial charge >= 0.3 is 0 Å². The standard InChI is InChI=1S/C20H20ClFN4O3/c21-17(27)2-1-11-29-16-12-13(3-5-15(16)22)19-14(20(23)28)4-6-18(25-19)26-9-7-24-8-10-26/h1-6,12,24H,7-11H2,(H2,23,28)/b2-1+. The molecule has 1 aromatic carbocycles. The van der Waals surface area contributed by atoms with Gasteiger partial charge in [-0.1, -0.05) is 0 Å². The van der Waals surface area contributed by atoms with Crippen molar-refractivity contribution in [1.29, 1.82) is 0 Å². The first-order valence-electron chi connectivity index (χ1n) is 9.01. The number of carbonyl (C=O) groups is 2. The molecule has 152 valence electrons. The lowest BCUT2D eigenvalue weighted by atomic mass is 10.0. The molecule has 1 aliphatic heterocycles. The second-order valence-electron chi connectivity index (χ2n) is 6.33. The maximum absolute atomic E-state index is 14.1. The van der Waals surface area contributed by atoms with Gasteiger partial charge < -0.3 is 20.7 Å². The summed E-state index contributed by atoms with van der Waals surface area (Å²) in [6.45, 7) is 3.19. The van der Waals surface area contributed by atoms with E-state index in [1.807, 2.05) is 0 Å². The Hall–Kier alpha value is -2.97. The maximum atomic E-state index is 14.1. The van der Waals surface area contributed by atoms with E-state index in [9.17, 15) is 14.0 Å². The van der Waals surface area contributed by atoms with Gasteiger partial charge in [-0.15, -0.1) is 0 Å². The SMILES string of the molecule is NC(=O)c1ccc(N2CCNCC2)nc1-c1ccc(F)c(OC/C=C/C(=O)Cl)c1. The highest BCUT2D eigenvalue weighted by molar-refractivity contribution is 6.66. The number of aromatic nitrogens is 1. The molecule has 3 rings (SSSR count). The van der Waals surface area contributed by atoms with Crippen molar-refractivity contribution in [3.63, 3.8) is 0 Å². The van der Waals surface area contributed by atoms with Crippen LogP contribution in [0.25, 0.3) is 11.3 Å². The Bertz CT molecular complexity index is 945. The summed E-state index contributed by atoms with van der Waals surface area (Å²) in [5.74, 6) is -0.547. The van der Waals surface area contributed by atoms with Crippen LogP contribution >= 0.6 is 11.6 Å². The van der Waals surface area contributed by atoms with Crippen LogP contribution in [0.5, 0.6) is 5.75 Å². The fraction of sp³-hybridized carbons (Fsp3) is 0.250. The van der Waals surface area contributed by atoms with Crippen LogP contribution in [-0.4, -0.2) is 48.9 Å². The third kappa shape index (κ3) is 5.30. The molecule has 1 amide bonds. The summed E-state index contributed by atoms with van der Waals surface area (Å²) in [6.07, 6.45) is 2.49. The lowest BCUT2D eigenvalue weighted by Crippen LogP contribution is -2.44. The molecule has 2 heterocycles. The number of piperazine rings is 1. The number of halogens is 2. The normalized spacial score (nSPS) is 14.2. The number of carbonyl (C=O) groups excluding carboxylic acids is 2. The van der Waals surface area contributed by atoms with Crippen LogP contribution in [0.4, 0.5) is 10.2 Å². The molecule has 0 spiro atoms. The number of ether oxygens (including phenoxy) is 1. The second kappa shape index (κ2) is 9.49. The van der Waals surface area contributed by atoms with E-state index in [1.54, 1.807) is 12.1 Å². The number of nitrogens with one attached hydrogen (secondary N) is 1. The minimum Gasteiger partial charge on any atom is -0.486 e. The Morgan fingerprint density at radius 2 is 2.03 bits per heavy atom. The monoisotopic (exact) mass is 418 g/mol. The average Bonchev–Trinajstić information content (AvgIpc) is 2.72. The van der Waals surface area contributed by atoms with Crippen molar-refractivity contribution in [2.24, 2.45) is 5.73 Å². The molecule has 1 fully saturated rings. The van der Waals surface area contributed by atoms with Gasteiger partial charge in [0.1, 0.15) is 12.4 Å². The van der Waals surface area contributed by atoms with Gasteiger partial charge in [-0.05, 0) is 54.1 Å². The molecular formula is C20H20ClFN4O3. The van der Waals surface area contributed by atoms with E-state index < -0.39 is 17.0 Å². The zero-order valence-electron chi connectivity index (χ0n) is 15.5. The van der Waals surface area contributed by atoms with Gasteiger partial charge in [-0.3, -0.25) is 9.59 Å². The number of nitrogens with two attached hydrogens (primary N) is 1. The molecular weight excluding hydrogens is 399 g/mol. The molecule has 9 heteroatoms. The summed E-state index contributed by atoms with van der Waals surface area (Å²) in [6, 6.07) is 7.56. The van der Waals surface area contributed by atoms with Crippen molar-refractivity contribution >= 4 is 28.6 Å². The van der Waals surface area contributed by atoms with Gasteiger partial charge in [0.2, 0.25) is 5.24 Å². The summed E-state index contributed by atoms with van der Waals surface area (Å²) < 4.78 is 19.5. The molecule has 1 aliphatic rings. The molecule has 2 aromatic rings. The quantitative estimate of drug-likeness (QED) is 0.528. The lowest BCUT2D eigenvalue weighted by molar-refractivity contribution is -0.107. The molecule has 0 radical (unpaired) electrons. The molecule has 0 unspecified atom stereocenters. The fourth-order valence-electron chi connectivity index (χ4n) is 2.98. The molecule has 7 nitrogen and oxygen atoms in total. The molecule has 0 bridgehead atoms. The van der Waals surface area contributed by atoms with Crippen LogP contribution in [0.1, 0.15) is 10.4 Å². The number of anilines is 1. The predicted octanol–water partition coefficient (Wildman–Crippen LogP) is 2.10. The fourth-order valence-corrected chi connectivity index (χ4v) is 3.07. The van der Waals surface area contributed by atoms with E-state index in [1.165, 1.54) is 24.3 Å². The van der Waals surface area contributed by atoms with Crippen molar-refractivity contribution in [1.82, 2.24) is 10.3 Å². The third-order valence-corrected chi connectivity index (χ3v) is 4.50. The summed E-state index contributed by atoms with van der Waals surface area (Å²) in [7, 11) is 0. The first kappa shape index (κ1) is 20.8.